The largest absolute Gasteiger partial charge is 0.469 e. The highest BCUT2D eigenvalue weighted by atomic mass is 32.1. The third kappa shape index (κ3) is 7.49. The topological polar surface area (TPSA) is 80.3 Å². The molecule has 0 bridgehead atoms. The highest BCUT2D eigenvalue weighted by molar-refractivity contribution is 7.13. The Kier molecular flexibility index (Phi) is 6.40. The van der Waals surface area contributed by atoms with Gasteiger partial charge in [-0.2, -0.15) is 13.2 Å². The summed E-state index contributed by atoms with van der Waals surface area (Å²) in [6.07, 6.45) is -3.16. The van der Waals surface area contributed by atoms with Crippen LogP contribution < -0.4 is 10.6 Å². The molecule has 1 rings (SSSR count). The van der Waals surface area contributed by atoms with Crippen molar-refractivity contribution in [2.75, 3.05) is 19.0 Å². The minimum absolute atomic E-state index is 0.197. The number of anilines is 1. The van der Waals surface area contributed by atoms with Crippen molar-refractivity contribution in [2.45, 2.75) is 25.4 Å². The summed E-state index contributed by atoms with van der Waals surface area (Å²) in [7, 11) is 1.30. The normalized spacial score (nSPS) is 11.0. The molecular formula is C11H14F3N3O3S. The fourth-order valence-corrected chi connectivity index (χ4v) is 2.06. The molecule has 6 nitrogen and oxygen atoms in total. The number of carbonyl (C=O) groups excluding carboxylic acids is 2. The van der Waals surface area contributed by atoms with Crippen molar-refractivity contribution in [1.82, 2.24) is 10.3 Å². The molecule has 0 atom stereocenters. The number of carbonyl (C=O) groups is 2. The number of thiazole rings is 1. The first kappa shape index (κ1) is 17.2. The van der Waals surface area contributed by atoms with E-state index < -0.39 is 18.8 Å². The van der Waals surface area contributed by atoms with Crippen LogP contribution in [0.3, 0.4) is 0 Å². The average Bonchev–Trinajstić information content (AvgIpc) is 2.83. The highest BCUT2D eigenvalue weighted by Crippen LogP contribution is 2.17. The molecule has 0 aromatic carbocycles. The fraction of sp³-hybridized carbons (Fsp3) is 0.545. The van der Waals surface area contributed by atoms with E-state index >= 15 is 0 Å². The first-order valence-corrected chi connectivity index (χ1v) is 6.81. The number of hydrogen-bond acceptors (Lipinski definition) is 5. The Morgan fingerprint density at radius 2 is 2.14 bits per heavy atom. The summed E-state index contributed by atoms with van der Waals surface area (Å²) in [5.41, 5.74) is 0.648. The first-order valence-electron chi connectivity index (χ1n) is 5.93. The number of nitrogens with zero attached hydrogens (tertiary/aromatic N) is 1. The predicted molar refractivity (Wildman–Crippen MR) is 70.1 cm³/mol. The van der Waals surface area contributed by atoms with Crippen LogP contribution >= 0.6 is 11.3 Å². The molecule has 0 aliphatic carbocycles. The van der Waals surface area contributed by atoms with Crippen LogP contribution in [0.5, 0.6) is 0 Å². The SMILES string of the molecule is COC(=O)CCCc1csc(NC(=O)NCC(F)(F)F)n1. The van der Waals surface area contributed by atoms with E-state index in [1.165, 1.54) is 7.11 Å². The van der Waals surface area contributed by atoms with Gasteiger partial charge in [-0.3, -0.25) is 10.1 Å². The maximum Gasteiger partial charge on any atom is 0.405 e. The van der Waals surface area contributed by atoms with Gasteiger partial charge in [0.2, 0.25) is 0 Å². The molecule has 2 amide bonds. The van der Waals surface area contributed by atoms with Crippen LogP contribution in [-0.4, -0.2) is 36.8 Å². The Morgan fingerprint density at radius 3 is 2.76 bits per heavy atom. The molecule has 0 unspecified atom stereocenters. The van der Waals surface area contributed by atoms with Gasteiger partial charge < -0.3 is 10.1 Å². The Morgan fingerprint density at radius 1 is 1.43 bits per heavy atom. The van der Waals surface area contributed by atoms with E-state index in [0.29, 0.717) is 18.5 Å². The summed E-state index contributed by atoms with van der Waals surface area (Å²) < 4.78 is 40.2. The molecule has 0 aliphatic rings. The summed E-state index contributed by atoms with van der Waals surface area (Å²) in [6, 6.07) is -0.970. The van der Waals surface area contributed by atoms with E-state index in [-0.39, 0.29) is 17.5 Å². The maximum absolute atomic E-state index is 11.9. The lowest BCUT2D eigenvalue weighted by Gasteiger charge is -2.07. The molecule has 2 N–H and O–H groups in total. The quantitative estimate of drug-likeness (QED) is 0.787. The summed E-state index contributed by atoms with van der Waals surface area (Å²) in [5, 5.41) is 5.75. The van der Waals surface area contributed by atoms with Crippen LogP contribution in [0.2, 0.25) is 0 Å². The second kappa shape index (κ2) is 7.81. The van der Waals surface area contributed by atoms with Crippen molar-refractivity contribution in [3.8, 4) is 0 Å². The lowest BCUT2D eigenvalue weighted by Crippen LogP contribution is -2.36. The van der Waals surface area contributed by atoms with E-state index in [1.807, 2.05) is 0 Å². The number of methoxy groups -OCH3 is 1. The van der Waals surface area contributed by atoms with Gasteiger partial charge in [0, 0.05) is 11.8 Å². The van der Waals surface area contributed by atoms with Gasteiger partial charge in [-0.25, -0.2) is 9.78 Å². The highest BCUT2D eigenvalue weighted by Gasteiger charge is 2.27. The Balaban J connectivity index is 2.34. The number of hydrogen-bond donors (Lipinski definition) is 2. The van der Waals surface area contributed by atoms with Crippen LogP contribution in [0, 0.1) is 0 Å². The average molecular weight is 325 g/mol. The summed E-state index contributed by atoms with van der Waals surface area (Å²) in [5.74, 6) is -0.324. The standard InChI is InChI=1S/C11H14F3N3O3S/c1-20-8(18)4-2-3-7-5-21-10(16-7)17-9(19)15-6-11(12,13)14/h5H,2-4,6H2,1H3,(H2,15,16,17,19). The van der Waals surface area contributed by atoms with Gasteiger partial charge in [-0.15, -0.1) is 11.3 Å². The Hall–Kier alpha value is -1.84. The molecule has 118 valence electrons. The molecule has 1 heterocycles. The molecule has 0 radical (unpaired) electrons. The molecule has 21 heavy (non-hydrogen) atoms. The van der Waals surface area contributed by atoms with Gasteiger partial charge in [0.1, 0.15) is 6.54 Å². The number of nitrogens with one attached hydrogen (secondary N) is 2. The number of esters is 1. The minimum atomic E-state index is -4.46. The van der Waals surface area contributed by atoms with E-state index in [4.69, 9.17) is 0 Å². The number of halogens is 3. The van der Waals surface area contributed by atoms with Gasteiger partial charge >= 0.3 is 18.2 Å². The van der Waals surface area contributed by atoms with Crippen LogP contribution in [0.1, 0.15) is 18.5 Å². The Labute approximate surface area is 122 Å². The zero-order chi connectivity index (χ0) is 15.9. The molecule has 10 heteroatoms. The molecule has 0 aliphatic heterocycles. The van der Waals surface area contributed by atoms with Crippen molar-refractivity contribution >= 4 is 28.5 Å². The van der Waals surface area contributed by atoms with Gasteiger partial charge in [0.25, 0.3) is 0 Å². The Bertz CT molecular complexity index is 491. The van der Waals surface area contributed by atoms with Gasteiger partial charge in [0.05, 0.1) is 12.8 Å². The minimum Gasteiger partial charge on any atom is -0.469 e. The van der Waals surface area contributed by atoms with E-state index in [2.05, 4.69) is 15.0 Å². The van der Waals surface area contributed by atoms with Crippen LogP contribution in [0.4, 0.5) is 23.1 Å². The first-order chi connectivity index (χ1) is 9.80. The molecule has 1 aromatic rings. The number of ether oxygens (including phenoxy) is 1. The third-order valence-electron chi connectivity index (χ3n) is 2.26. The van der Waals surface area contributed by atoms with Gasteiger partial charge in [0.15, 0.2) is 5.13 Å². The molecule has 0 saturated carbocycles. The summed E-state index contributed by atoms with van der Waals surface area (Å²) in [6.45, 7) is -1.41. The van der Waals surface area contributed by atoms with Gasteiger partial charge in [-0.1, -0.05) is 0 Å². The zero-order valence-electron chi connectivity index (χ0n) is 11.1. The number of aryl methyl sites for hydroxylation is 1. The van der Waals surface area contributed by atoms with Gasteiger partial charge in [-0.05, 0) is 12.8 Å². The van der Waals surface area contributed by atoms with Crippen LogP contribution in [0.25, 0.3) is 0 Å². The van der Waals surface area contributed by atoms with Crippen molar-refractivity contribution in [1.29, 1.82) is 0 Å². The van der Waals surface area contributed by atoms with E-state index in [0.717, 1.165) is 11.3 Å². The second-order valence-electron chi connectivity index (χ2n) is 4.00. The van der Waals surface area contributed by atoms with Crippen molar-refractivity contribution in [3.05, 3.63) is 11.1 Å². The monoisotopic (exact) mass is 325 g/mol. The fourth-order valence-electron chi connectivity index (χ4n) is 1.32. The number of amides is 2. The van der Waals surface area contributed by atoms with Crippen molar-refractivity contribution < 1.29 is 27.5 Å². The molecular weight excluding hydrogens is 311 g/mol. The lowest BCUT2D eigenvalue weighted by molar-refractivity contribution is -0.140. The smallest absolute Gasteiger partial charge is 0.405 e. The molecule has 1 aromatic heterocycles. The number of alkyl halides is 3. The summed E-state index contributed by atoms with van der Waals surface area (Å²) in [4.78, 5) is 26.1. The van der Waals surface area contributed by atoms with Crippen LogP contribution in [0.15, 0.2) is 5.38 Å². The number of urea groups is 1. The van der Waals surface area contributed by atoms with E-state index in [9.17, 15) is 22.8 Å². The molecule has 0 saturated heterocycles. The van der Waals surface area contributed by atoms with E-state index in [1.54, 1.807) is 10.7 Å². The van der Waals surface area contributed by atoms with Crippen molar-refractivity contribution in [2.24, 2.45) is 0 Å². The maximum atomic E-state index is 11.9. The number of aromatic nitrogens is 1. The predicted octanol–water partition coefficient (Wildman–Crippen LogP) is 2.32. The van der Waals surface area contributed by atoms with Crippen LogP contribution in [-0.2, 0) is 16.0 Å². The molecule has 0 fully saturated rings. The molecule has 0 spiro atoms. The van der Waals surface area contributed by atoms with Crippen molar-refractivity contribution in [3.63, 3.8) is 0 Å². The third-order valence-corrected chi connectivity index (χ3v) is 3.07. The summed E-state index contributed by atoms with van der Waals surface area (Å²) >= 11 is 1.10. The number of rotatable bonds is 6. The zero-order valence-corrected chi connectivity index (χ0v) is 11.9. The lowest BCUT2D eigenvalue weighted by atomic mass is 10.2. The second-order valence-corrected chi connectivity index (χ2v) is 4.85.